The first kappa shape index (κ1) is 18.4. The van der Waals surface area contributed by atoms with E-state index in [0.29, 0.717) is 0 Å². The van der Waals surface area contributed by atoms with E-state index in [4.69, 9.17) is 0 Å². The maximum Gasteiger partial charge on any atom is 0.0640 e. The molecular weight excluding hydrogens is 462 g/mol. The predicted octanol–water partition coefficient (Wildman–Crippen LogP) is 10.1. The number of para-hydroxylation sites is 1. The summed E-state index contributed by atoms with van der Waals surface area (Å²) in [7, 11) is 0. The normalized spacial score (nSPS) is 12.6. The van der Waals surface area contributed by atoms with Gasteiger partial charge in [-0.25, -0.2) is 0 Å². The van der Waals surface area contributed by atoms with Gasteiger partial charge in [0.05, 0.1) is 11.0 Å². The largest absolute Gasteiger partial charge is 0.308 e. The van der Waals surface area contributed by atoms with Gasteiger partial charge in [-0.05, 0) is 47.2 Å². The highest BCUT2D eigenvalue weighted by molar-refractivity contribution is 7.26. The van der Waals surface area contributed by atoms with E-state index in [9.17, 15) is 0 Å². The molecule has 1 nitrogen and oxygen atoms in total. The van der Waals surface area contributed by atoms with Gasteiger partial charge in [-0.15, -0.1) is 22.7 Å². The fourth-order valence-electron chi connectivity index (χ4n) is 6.13. The zero-order chi connectivity index (χ0) is 22.7. The van der Waals surface area contributed by atoms with Crippen molar-refractivity contribution in [2.75, 3.05) is 0 Å². The molecule has 0 radical (unpaired) electrons. The zero-order valence-electron chi connectivity index (χ0n) is 18.6. The summed E-state index contributed by atoms with van der Waals surface area (Å²) in [6.45, 7) is 0. The third-order valence-corrected chi connectivity index (χ3v) is 9.73. The van der Waals surface area contributed by atoms with E-state index in [-0.39, 0.29) is 0 Å². The summed E-state index contributed by atoms with van der Waals surface area (Å²) >= 11 is 3.81. The lowest BCUT2D eigenvalue weighted by molar-refractivity contribution is 1.20. The van der Waals surface area contributed by atoms with Crippen LogP contribution in [0.15, 0.2) is 103 Å². The van der Waals surface area contributed by atoms with E-state index >= 15 is 0 Å². The summed E-state index contributed by atoms with van der Waals surface area (Å²) < 4.78 is 7.97. The van der Waals surface area contributed by atoms with E-state index in [1.807, 2.05) is 22.7 Å². The molecule has 0 saturated carbocycles. The van der Waals surface area contributed by atoms with Crippen molar-refractivity contribution in [2.24, 2.45) is 0 Å². The van der Waals surface area contributed by atoms with Crippen LogP contribution in [0, 0.1) is 0 Å². The lowest BCUT2D eigenvalue weighted by atomic mass is 9.98. The zero-order valence-corrected chi connectivity index (χ0v) is 20.2. The molecule has 162 valence electrons. The molecule has 9 rings (SSSR count). The summed E-state index contributed by atoms with van der Waals surface area (Å²) in [5, 5.41) is 10.9. The van der Waals surface area contributed by atoms with E-state index in [1.165, 1.54) is 78.6 Å². The Morgan fingerprint density at radius 1 is 0.429 bits per heavy atom. The maximum absolute atomic E-state index is 2.56. The SMILES string of the molecule is c1ccc(-n2c3c4c(cc5ccc6cc7sc8ccccc8c7c2c6c53)sc2ccccc24)cc1. The van der Waals surface area contributed by atoms with Crippen LogP contribution in [0.4, 0.5) is 0 Å². The molecule has 0 atom stereocenters. The smallest absolute Gasteiger partial charge is 0.0640 e. The fourth-order valence-corrected chi connectivity index (χ4v) is 8.45. The van der Waals surface area contributed by atoms with Crippen molar-refractivity contribution >= 4 is 95.6 Å². The lowest BCUT2D eigenvalue weighted by Crippen LogP contribution is -1.94. The fraction of sp³-hybridized carbons (Fsp3) is 0. The van der Waals surface area contributed by atoms with Crippen molar-refractivity contribution in [3.8, 4) is 5.69 Å². The van der Waals surface area contributed by atoms with Crippen molar-refractivity contribution in [3.63, 3.8) is 0 Å². The highest BCUT2D eigenvalue weighted by Crippen LogP contribution is 2.50. The number of thiophene rings is 2. The van der Waals surface area contributed by atoms with Crippen LogP contribution in [0.5, 0.6) is 0 Å². The Morgan fingerprint density at radius 3 is 1.46 bits per heavy atom. The second kappa shape index (κ2) is 6.39. The third-order valence-electron chi connectivity index (χ3n) is 7.50. The summed E-state index contributed by atoms with van der Waals surface area (Å²) in [5.41, 5.74) is 3.89. The first-order valence-electron chi connectivity index (χ1n) is 11.9. The van der Waals surface area contributed by atoms with Crippen LogP contribution in [0.3, 0.4) is 0 Å². The second-order valence-electron chi connectivity index (χ2n) is 9.33. The summed E-state index contributed by atoms with van der Waals surface area (Å²) in [4.78, 5) is 0. The average Bonchev–Trinajstić information content (AvgIpc) is 3.56. The van der Waals surface area contributed by atoms with Gasteiger partial charge in [0, 0.05) is 56.8 Å². The van der Waals surface area contributed by atoms with Gasteiger partial charge in [-0.1, -0.05) is 66.7 Å². The number of aromatic nitrogens is 1. The minimum Gasteiger partial charge on any atom is -0.308 e. The van der Waals surface area contributed by atoms with Gasteiger partial charge in [0.15, 0.2) is 0 Å². The van der Waals surface area contributed by atoms with E-state index in [0.717, 1.165) is 0 Å². The number of nitrogens with zero attached hydrogens (tertiary/aromatic N) is 1. The summed E-state index contributed by atoms with van der Waals surface area (Å²) in [6.07, 6.45) is 0. The molecule has 6 aromatic carbocycles. The first-order chi connectivity index (χ1) is 17.4. The Hall–Kier alpha value is -3.92. The Labute approximate surface area is 208 Å². The standard InChI is InChI=1S/C32H17NS2/c1-2-8-20(9-3-1)33-31-27-18(16-25-29(31)21-10-4-6-12-23(21)34-25)14-15-19-17-26-30(32(33)28(19)27)22-11-5-7-13-24(22)35-26/h1-17H. The van der Waals surface area contributed by atoms with Crippen LogP contribution in [-0.4, -0.2) is 4.57 Å². The number of hydrogen-bond donors (Lipinski definition) is 0. The van der Waals surface area contributed by atoms with Gasteiger partial charge in [0.2, 0.25) is 0 Å². The molecule has 0 spiro atoms. The van der Waals surface area contributed by atoms with Crippen molar-refractivity contribution < 1.29 is 0 Å². The lowest BCUT2D eigenvalue weighted by Gasteiger charge is -2.10. The van der Waals surface area contributed by atoms with E-state index < -0.39 is 0 Å². The second-order valence-corrected chi connectivity index (χ2v) is 11.5. The number of hydrogen-bond acceptors (Lipinski definition) is 2. The minimum atomic E-state index is 1.22. The molecule has 0 aliphatic carbocycles. The molecule has 0 saturated heterocycles. The highest BCUT2D eigenvalue weighted by atomic mass is 32.1. The van der Waals surface area contributed by atoms with Gasteiger partial charge in [-0.3, -0.25) is 0 Å². The Kier molecular flexibility index (Phi) is 3.36. The molecule has 0 fully saturated rings. The van der Waals surface area contributed by atoms with Crippen LogP contribution < -0.4 is 0 Å². The van der Waals surface area contributed by atoms with Crippen LogP contribution >= 0.6 is 22.7 Å². The first-order valence-corrected chi connectivity index (χ1v) is 13.5. The molecule has 3 heteroatoms. The van der Waals surface area contributed by atoms with Gasteiger partial charge in [-0.2, -0.15) is 0 Å². The van der Waals surface area contributed by atoms with Crippen molar-refractivity contribution in [1.82, 2.24) is 4.57 Å². The molecule has 0 bridgehead atoms. The van der Waals surface area contributed by atoms with Crippen molar-refractivity contribution in [3.05, 3.63) is 103 Å². The molecule has 0 aliphatic heterocycles. The van der Waals surface area contributed by atoms with Gasteiger partial charge in [0.1, 0.15) is 0 Å². The monoisotopic (exact) mass is 479 g/mol. The Bertz CT molecular complexity index is 2120. The molecule has 0 unspecified atom stereocenters. The van der Waals surface area contributed by atoms with Gasteiger partial charge < -0.3 is 4.57 Å². The van der Waals surface area contributed by atoms with E-state index in [1.54, 1.807) is 0 Å². The molecule has 3 aromatic heterocycles. The number of benzene rings is 6. The average molecular weight is 480 g/mol. The quantitative estimate of drug-likeness (QED) is 0.206. The number of rotatable bonds is 1. The highest BCUT2D eigenvalue weighted by Gasteiger charge is 2.24. The van der Waals surface area contributed by atoms with Gasteiger partial charge in [0.25, 0.3) is 0 Å². The van der Waals surface area contributed by atoms with Crippen LogP contribution in [0.25, 0.3) is 78.6 Å². The van der Waals surface area contributed by atoms with Crippen LogP contribution in [-0.2, 0) is 0 Å². The molecular formula is C32H17NS2. The predicted molar refractivity (Wildman–Crippen MR) is 155 cm³/mol. The maximum atomic E-state index is 2.56. The summed E-state index contributed by atoms with van der Waals surface area (Å²) in [5.74, 6) is 0. The van der Waals surface area contributed by atoms with Crippen LogP contribution in [0.1, 0.15) is 0 Å². The van der Waals surface area contributed by atoms with E-state index in [2.05, 4.69) is 108 Å². The van der Waals surface area contributed by atoms with Crippen molar-refractivity contribution in [1.29, 1.82) is 0 Å². The Morgan fingerprint density at radius 2 is 0.914 bits per heavy atom. The molecule has 35 heavy (non-hydrogen) atoms. The number of fused-ring (bicyclic) bond motifs is 8. The molecule has 9 aromatic rings. The molecule has 0 N–H and O–H groups in total. The summed E-state index contributed by atoms with van der Waals surface area (Å²) in [6, 6.07) is 38.1. The topological polar surface area (TPSA) is 4.93 Å². The third kappa shape index (κ3) is 2.23. The molecule has 0 amide bonds. The van der Waals surface area contributed by atoms with Crippen LogP contribution in [0.2, 0.25) is 0 Å². The van der Waals surface area contributed by atoms with Gasteiger partial charge >= 0.3 is 0 Å². The minimum absolute atomic E-state index is 1.22. The molecule has 3 heterocycles. The Balaban J connectivity index is 1.71. The van der Waals surface area contributed by atoms with Crippen molar-refractivity contribution in [2.45, 2.75) is 0 Å². The molecule has 0 aliphatic rings.